The molecule has 1 N–H and O–H groups in total. The molecule has 6 nitrogen and oxygen atoms in total. The second-order valence-electron chi connectivity index (χ2n) is 6.23. The number of carbonyl (C=O) groups is 1. The van der Waals surface area contributed by atoms with Crippen LogP contribution in [0.4, 0.5) is 0 Å². The van der Waals surface area contributed by atoms with Crippen LogP contribution in [0.1, 0.15) is 15.9 Å². The molecule has 0 spiro atoms. The van der Waals surface area contributed by atoms with E-state index in [2.05, 4.69) is 10.3 Å². The first-order valence-corrected chi connectivity index (χ1v) is 9.99. The summed E-state index contributed by atoms with van der Waals surface area (Å²) in [5.41, 5.74) is 1.75. The van der Waals surface area contributed by atoms with Crippen molar-refractivity contribution in [2.75, 3.05) is 7.11 Å². The van der Waals surface area contributed by atoms with Crippen molar-refractivity contribution < 1.29 is 9.53 Å². The molecule has 0 saturated heterocycles. The maximum absolute atomic E-state index is 13.0. The van der Waals surface area contributed by atoms with E-state index in [-0.39, 0.29) is 12.1 Å². The molecule has 0 bridgehead atoms. The molecule has 1 amide bonds. The quantitative estimate of drug-likeness (QED) is 0.524. The number of thiazole rings is 1. The van der Waals surface area contributed by atoms with Gasteiger partial charge in [0.2, 0.25) is 0 Å². The summed E-state index contributed by atoms with van der Waals surface area (Å²) < 4.78 is 6.55. The van der Waals surface area contributed by atoms with Gasteiger partial charge >= 0.3 is 0 Å². The number of nitrogens with zero attached hydrogens (tertiary/aromatic N) is 2. The fourth-order valence-corrected chi connectivity index (χ4v) is 4.01. The average molecular weight is 426 g/mol. The van der Waals surface area contributed by atoms with Crippen LogP contribution in [0.5, 0.6) is 5.75 Å². The summed E-state index contributed by atoms with van der Waals surface area (Å²) in [7, 11) is 1.59. The third-order valence-corrected chi connectivity index (χ3v) is 5.62. The lowest BCUT2D eigenvalue weighted by atomic mass is 10.1. The molecule has 4 aromatic rings. The molecule has 0 aliphatic heterocycles. The zero-order valence-corrected chi connectivity index (χ0v) is 17.0. The van der Waals surface area contributed by atoms with Gasteiger partial charge in [-0.25, -0.2) is 4.98 Å². The van der Waals surface area contributed by atoms with Crippen molar-refractivity contribution in [1.29, 1.82) is 0 Å². The van der Waals surface area contributed by atoms with Crippen molar-refractivity contribution in [1.82, 2.24) is 14.7 Å². The predicted molar refractivity (Wildman–Crippen MR) is 114 cm³/mol. The van der Waals surface area contributed by atoms with Gasteiger partial charge in [-0.2, -0.15) is 0 Å². The molecule has 2 aromatic heterocycles. The summed E-state index contributed by atoms with van der Waals surface area (Å²) in [6.07, 6.45) is 1.31. The lowest BCUT2D eigenvalue weighted by Gasteiger charge is -2.07. The van der Waals surface area contributed by atoms with Crippen molar-refractivity contribution in [3.63, 3.8) is 0 Å². The molecule has 0 aliphatic carbocycles. The largest absolute Gasteiger partial charge is 0.497 e. The highest BCUT2D eigenvalue weighted by Crippen LogP contribution is 2.29. The molecule has 0 saturated carbocycles. The maximum Gasteiger partial charge on any atom is 0.271 e. The Balaban J connectivity index is 1.64. The highest BCUT2D eigenvalue weighted by molar-refractivity contribution is 7.15. The Morgan fingerprint density at radius 1 is 1.21 bits per heavy atom. The molecule has 0 radical (unpaired) electrons. The number of nitrogens with one attached hydrogen (secondary N) is 1. The maximum atomic E-state index is 13.0. The molecule has 0 aliphatic rings. The lowest BCUT2D eigenvalue weighted by molar-refractivity contribution is 0.0949. The molecule has 2 heterocycles. The number of halogens is 1. The second-order valence-corrected chi connectivity index (χ2v) is 7.47. The highest BCUT2D eigenvalue weighted by atomic mass is 35.5. The van der Waals surface area contributed by atoms with E-state index in [1.165, 1.54) is 21.9 Å². The predicted octanol–water partition coefficient (Wildman–Crippen LogP) is 4.02. The van der Waals surface area contributed by atoms with E-state index < -0.39 is 11.5 Å². The first-order chi connectivity index (χ1) is 14.1. The number of fused-ring (bicyclic) bond motifs is 1. The minimum Gasteiger partial charge on any atom is -0.497 e. The van der Waals surface area contributed by atoms with Crippen molar-refractivity contribution in [3.05, 3.63) is 86.6 Å². The molecular weight excluding hydrogens is 410 g/mol. The van der Waals surface area contributed by atoms with Crippen molar-refractivity contribution in [3.8, 4) is 17.0 Å². The SMILES string of the molecule is COc1ccc(CNC(=O)c2cnc3scc(-c4ccccc4Cl)n3c2=O)cc1. The number of ether oxygens (including phenoxy) is 1. The lowest BCUT2D eigenvalue weighted by Crippen LogP contribution is -2.31. The van der Waals surface area contributed by atoms with Gasteiger partial charge in [-0.15, -0.1) is 11.3 Å². The number of hydrogen-bond donors (Lipinski definition) is 1. The molecule has 29 heavy (non-hydrogen) atoms. The van der Waals surface area contributed by atoms with E-state index in [4.69, 9.17) is 16.3 Å². The number of amides is 1. The number of methoxy groups -OCH3 is 1. The zero-order valence-electron chi connectivity index (χ0n) is 15.4. The van der Waals surface area contributed by atoms with Crippen LogP contribution >= 0.6 is 22.9 Å². The number of aromatic nitrogens is 2. The van der Waals surface area contributed by atoms with Crippen LogP contribution in [-0.2, 0) is 6.54 Å². The van der Waals surface area contributed by atoms with Gasteiger partial charge in [-0.3, -0.25) is 14.0 Å². The van der Waals surface area contributed by atoms with Crippen LogP contribution in [-0.4, -0.2) is 22.4 Å². The van der Waals surface area contributed by atoms with Crippen LogP contribution in [0.25, 0.3) is 16.2 Å². The molecule has 8 heteroatoms. The van der Waals surface area contributed by atoms with Gasteiger partial charge < -0.3 is 10.1 Å². The monoisotopic (exact) mass is 425 g/mol. The Hall–Kier alpha value is -3.16. The third kappa shape index (κ3) is 3.74. The van der Waals surface area contributed by atoms with Crippen molar-refractivity contribution >= 4 is 33.8 Å². The summed E-state index contributed by atoms with van der Waals surface area (Å²) in [5, 5.41) is 5.10. The topological polar surface area (TPSA) is 72.7 Å². The van der Waals surface area contributed by atoms with Crippen LogP contribution in [0.2, 0.25) is 5.02 Å². The Bertz CT molecular complexity index is 1250. The molecule has 2 aromatic carbocycles. The Kier molecular flexibility index (Phi) is 5.33. The molecule has 4 rings (SSSR count). The van der Waals surface area contributed by atoms with Gasteiger partial charge in [0.05, 0.1) is 12.8 Å². The minimum absolute atomic E-state index is 0.0253. The number of carbonyl (C=O) groups excluding carboxylic acids is 1. The Morgan fingerprint density at radius 3 is 2.69 bits per heavy atom. The number of rotatable bonds is 5. The van der Waals surface area contributed by atoms with E-state index in [9.17, 15) is 9.59 Å². The van der Waals surface area contributed by atoms with E-state index in [0.29, 0.717) is 21.2 Å². The molecular formula is C21H16ClN3O3S. The van der Waals surface area contributed by atoms with Gasteiger partial charge in [0.1, 0.15) is 11.3 Å². The van der Waals surface area contributed by atoms with Crippen LogP contribution in [0, 0.1) is 0 Å². The van der Waals surface area contributed by atoms with E-state index in [0.717, 1.165) is 11.3 Å². The van der Waals surface area contributed by atoms with E-state index in [1.807, 2.05) is 47.8 Å². The van der Waals surface area contributed by atoms with Crippen molar-refractivity contribution in [2.24, 2.45) is 0 Å². The fourth-order valence-electron chi connectivity index (χ4n) is 2.93. The first-order valence-electron chi connectivity index (χ1n) is 8.74. The van der Waals surface area contributed by atoms with Gasteiger partial charge in [0.25, 0.3) is 11.5 Å². The second kappa shape index (κ2) is 8.06. The smallest absolute Gasteiger partial charge is 0.271 e. The normalized spacial score (nSPS) is 10.8. The van der Waals surface area contributed by atoms with E-state index >= 15 is 0 Å². The zero-order chi connectivity index (χ0) is 20.4. The highest BCUT2D eigenvalue weighted by Gasteiger charge is 2.18. The summed E-state index contributed by atoms with van der Waals surface area (Å²) in [4.78, 5) is 30.4. The average Bonchev–Trinajstić information content (AvgIpc) is 3.18. The summed E-state index contributed by atoms with van der Waals surface area (Å²) in [6.45, 7) is 0.284. The summed E-state index contributed by atoms with van der Waals surface area (Å²) >= 11 is 7.61. The van der Waals surface area contributed by atoms with Crippen LogP contribution in [0.3, 0.4) is 0 Å². The van der Waals surface area contributed by atoms with Crippen LogP contribution in [0.15, 0.2) is 64.9 Å². The Morgan fingerprint density at radius 2 is 1.97 bits per heavy atom. The number of hydrogen-bond acceptors (Lipinski definition) is 5. The van der Waals surface area contributed by atoms with Gasteiger partial charge in [0, 0.05) is 28.7 Å². The minimum atomic E-state index is -0.482. The van der Waals surface area contributed by atoms with Gasteiger partial charge in [-0.1, -0.05) is 41.9 Å². The molecule has 146 valence electrons. The standard InChI is InChI=1S/C21H16ClN3O3S/c1-28-14-8-6-13(7-9-14)10-23-19(26)16-11-24-21-25(20(16)27)18(12-29-21)15-4-2-3-5-17(15)22/h2-9,11-12H,10H2,1H3,(H,23,26). The third-order valence-electron chi connectivity index (χ3n) is 4.45. The van der Waals surface area contributed by atoms with Crippen LogP contribution < -0.4 is 15.6 Å². The molecule has 0 unspecified atom stereocenters. The van der Waals surface area contributed by atoms with Crippen molar-refractivity contribution in [2.45, 2.75) is 6.54 Å². The Labute approximate surface area is 175 Å². The number of benzene rings is 2. The summed E-state index contributed by atoms with van der Waals surface area (Å²) in [6, 6.07) is 14.6. The summed E-state index contributed by atoms with van der Waals surface area (Å²) in [5.74, 6) is 0.251. The fraction of sp³-hybridized carbons (Fsp3) is 0.0952. The first kappa shape index (κ1) is 19.2. The molecule has 0 atom stereocenters. The van der Waals surface area contributed by atoms with Gasteiger partial charge in [-0.05, 0) is 23.8 Å². The van der Waals surface area contributed by atoms with Gasteiger partial charge in [0.15, 0.2) is 4.96 Å². The van der Waals surface area contributed by atoms with E-state index in [1.54, 1.807) is 13.2 Å². The molecule has 0 fully saturated rings.